The van der Waals surface area contributed by atoms with Gasteiger partial charge in [-0.3, -0.25) is 0 Å². The Bertz CT molecular complexity index is 2890. The van der Waals surface area contributed by atoms with Crippen LogP contribution in [0.1, 0.15) is 0 Å². The first-order valence-corrected chi connectivity index (χ1v) is 17.8. The quantitative estimate of drug-likeness (QED) is 0.183. The molecule has 5 heteroatoms. The zero-order chi connectivity index (χ0) is 33.7. The van der Waals surface area contributed by atoms with Gasteiger partial charge >= 0.3 is 0 Å². The van der Waals surface area contributed by atoms with Crippen molar-refractivity contribution in [2.45, 2.75) is 0 Å². The Labute approximate surface area is 298 Å². The molecule has 0 amide bonds. The second-order valence-electron chi connectivity index (χ2n) is 12.6. The van der Waals surface area contributed by atoms with E-state index in [1.165, 1.54) is 36.5 Å². The van der Waals surface area contributed by atoms with Crippen molar-refractivity contribution in [2.75, 3.05) is 0 Å². The van der Waals surface area contributed by atoms with Crippen molar-refractivity contribution in [3.8, 4) is 56.5 Å². The third kappa shape index (κ3) is 5.14. The molecular weight excluding hydrogens is 641 g/mol. The summed E-state index contributed by atoms with van der Waals surface area (Å²) < 4.78 is 2.45. The first kappa shape index (κ1) is 29.4. The van der Waals surface area contributed by atoms with Crippen molar-refractivity contribution >= 4 is 53.2 Å². The molecule has 0 N–H and O–H groups in total. The van der Waals surface area contributed by atoms with Gasteiger partial charge in [0.1, 0.15) is 0 Å². The highest BCUT2D eigenvalue weighted by Gasteiger charge is 2.19. The Balaban J connectivity index is 1.17. The number of rotatable bonds is 5. The van der Waals surface area contributed by atoms with E-state index in [1.54, 1.807) is 0 Å². The number of benzene rings is 7. The van der Waals surface area contributed by atoms with Gasteiger partial charge in [-0.15, -0.1) is 11.3 Å². The Morgan fingerprint density at radius 1 is 0.373 bits per heavy atom. The third-order valence-corrected chi connectivity index (χ3v) is 10.7. The van der Waals surface area contributed by atoms with Crippen molar-refractivity contribution in [2.24, 2.45) is 0 Å². The SMILES string of the molecule is c1ccc(-c2ccc(-c3nc(-c4ccccc4)nc(-c4ccc5nc(-c6cccc7ccccc67)c6c7ccccc7sc6c5c4)n3)cc2)cc1. The molecule has 0 aliphatic carbocycles. The zero-order valence-corrected chi connectivity index (χ0v) is 28.2. The van der Waals surface area contributed by atoms with Gasteiger partial charge in [0.05, 0.1) is 11.2 Å². The minimum atomic E-state index is 0.625. The van der Waals surface area contributed by atoms with E-state index >= 15 is 0 Å². The number of aromatic nitrogens is 4. The molecule has 10 rings (SSSR count). The van der Waals surface area contributed by atoms with Crippen molar-refractivity contribution in [1.29, 1.82) is 0 Å². The fourth-order valence-corrected chi connectivity index (χ4v) is 8.25. The van der Waals surface area contributed by atoms with Crippen LogP contribution in [0.5, 0.6) is 0 Å². The fourth-order valence-electron chi connectivity index (χ4n) is 7.02. The van der Waals surface area contributed by atoms with Crippen LogP contribution in [0.4, 0.5) is 0 Å². The van der Waals surface area contributed by atoms with Crippen LogP contribution in [0.25, 0.3) is 98.4 Å². The lowest BCUT2D eigenvalue weighted by Crippen LogP contribution is -2.00. The van der Waals surface area contributed by atoms with Crippen LogP contribution in [0.15, 0.2) is 170 Å². The van der Waals surface area contributed by atoms with E-state index in [0.29, 0.717) is 17.5 Å². The average Bonchev–Trinajstić information content (AvgIpc) is 3.61. The standard InChI is InChI=1S/C46H28N4S/c1-3-12-29(13-4-1)30-22-24-33(25-23-30)45-48-44(32-15-5-2-6-16-32)49-46(50-45)34-26-27-39-38(28-34)43-41(37-19-9-10-21-40(37)51-43)42(47-39)36-20-11-17-31-14-7-8-18-35(31)36/h1-28H. The van der Waals surface area contributed by atoms with E-state index in [-0.39, 0.29) is 0 Å². The maximum atomic E-state index is 5.40. The normalized spacial score (nSPS) is 11.5. The van der Waals surface area contributed by atoms with Crippen molar-refractivity contribution < 1.29 is 0 Å². The minimum absolute atomic E-state index is 0.625. The molecular formula is C46H28N4S. The maximum Gasteiger partial charge on any atom is 0.164 e. The van der Waals surface area contributed by atoms with Gasteiger partial charge in [-0.1, -0.05) is 146 Å². The molecule has 7 aromatic carbocycles. The lowest BCUT2D eigenvalue weighted by atomic mass is 9.97. The number of pyridine rings is 1. The molecule has 4 nitrogen and oxygen atoms in total. The molecule has 0 aliphatic heterocycles. The van der Waals surface area contributed by atoms with Gasteiger partial charge in [-0.25, -0.2) is 19.9 Å². The molecule has 3 heterocycles. The minimum Gasteiger partial charge on any atom is -0.247 e. The summed E-state index contributed by atoms with van der Waals surface area (Å²) >= 11 is 1.82. The molecule has 0 radical (unpaired) electrons. The van der Waals surface area contributed by atoms with E-state index < -0.39 is 0 Å². The predicted octanol–water partition coefficient (Wildman–Crippen LogP) is 12.3. The smallest absolute Gasteiger partial charge is 0.164 e. The molecule has 238 valence electrons. The molecule has 0 atom stereocenters. The van der Waals surface area contributed by atoms with Crippen molar-refractivity contribution in [3.63, 3.8) is 0 Å². The molecule has 0 aliphatic rings. The van der Waals surface area contributed by atoms with Gasteiger partial charge in [-0.2, -0.15) is 0 Å². The molecule has 0 fully saturated rings. The second-order valence-corrected chi connectivity index (χ2v) is 13.7. The van der Waals surface area contributed by atoms with Crippen LogP contribution in [0.2, 0.25) is 0 Å². The van der Waals surface area contributed by atoms with Crippen LogP contribution >= 0.6 is 11.3 Å². The Hall–Kier alpha value is -6.56. The van der Waals surface area contributed by atoms with Gasteiger partial charge in [-0.05, 0) is 46.2 Å². The lowest BCUT2D eigenvalue weighted by molar-refractivity contribution is 1.07. The summed E-state index contributed by atoms with van der Waals surface area (Å²) in [5.41, 5.74) is 8.20. The zero-order valence-electron chi connectivity index (χ0n) is 27.4. The molecule has 10 aromatic rings. The van der Waals surface area contributed by atoms with Crippen LogP contribution < -0.4 is 0 Å². The van der Waals surface area contributed by atoms with Gasteiger partial charge in [0.25, 0.3) is 0 Å². The van der Waals surface area contributed by atoms with Crippen LogP contribution in [-0.4, -0.2) is 19.9 Å². The Morgan fingerprint density at radius 3 is 1.69 bits per heavy atom. The monoisotopic (exact) mass is 668 g/mol. The Kier molecular flexibility index (Phi) is 6.96. The van der Waals surface area contributed by atoms with Gasteiger partial charge in [0.2, 0.25) is 0 Å². The molecule has 3 aromatic heterocycles. The van der Waals surface area contributed by atoms with E-state index in [9.17, 15) is 0 Å². The average molecular weight is 669 g/mol. The van der Waals surface area contributed by atoms with Gasteiger partial charge in [0.15, 0.2) is 17.5 Å². The number of fused-ring (bicyclic) bond motifs is 6. The summed E-state index contributed by atoms with van der Waals surface area (Å²) in [7, 11) is 0. The summed E-state index contributed by atoms with van der Waals surface area (Å²) in [6.07, 6.45) is 0. The lowest BCUT2D eigenvalue weighted by Gasteiger charge is -2.12. The molecule has 0 spiro atoms. The Morgan fingerprint density at radius 2 is 0.922 bits per heavy atom. The maximum absolute atomic E-state index is 5.40. The van der Waals surface area contributed by atoms with E-state index in [2.05, 4.69) is 133 Å². The number of thiophene rings is 1. The largest absolute Gasteiger partial charge is 0.247 e. The first-order valence-electron chi connectivity index (χ1n) is 17.0. The first-order chi connectivity index (χ1) is 25.3. The summed E-state index contributed by atoms with van der Waals surface area (Å²) in [4.78, 5) is 20.5. The summed E-state index contributed by atoms with van der Waals surface area (Å²) in [6.45, 7) is 0. The van der Waals surface area contributed by atoms with Gasteiger partial charge in [0, 0.05) is 47.8 Å². The van der Waals surface area contributed by atoms with E-state index in [1.807, 2.05) is 47.7 Å². The summed E-state index contributed by atoms with van der Waals surface area (Å²) in [5.74, 6) is 1.90. The highest BCUT2D eigenvalue weighted by molar-refractivity contribution is 7.26. The third-order valence-electron chi connectivity index (χ3n) is 9.53. The molecule has 0 unspecified atom stereocenters. The number of nitrogens with zero attached hydrogens (tertiary/aromatic N) is 4. The van der Waals surface area contributed by atoms with Crippen LogP contribution in [-0.2, 0) is 0 Å². The number of hydrogen-bond acceptors (Lipinski definition) is 5. The molecule has 0 saturated carbocycles. The predicted molar refractivity (Wildman–Crippen MR) is 213 cm³/mol. The van der Waals surface area contributed by atoms with Crippen molar-refractivity contribution in [3.05, 3.63) is 170 Å². The van der Waals surface area contributed by atoms with Crippen molar-refractivity contribution in [1.82, 2.24) is 19.9 Å². The topological polar surface area (TPSA) is 51.6 Å². The molecule has 0 saturated heterocycles. The fraction of sp³-hybridized carbons (Fsp3) is 0. The van der Waals surface area contributed by atoms with Crippen LogP contribution in [0, 0.1) is 0 Å². The highest BCUT2D eigenvalue weighted by atomic mass is 32.1. The highest BCUT2D eigenvalue weighted by Crippen LogP contribution is 2.44. The molecule has 0 bridgehead atoms. The summed E-state index contributed by atoms with van der Waals surface area (Å²) in [6, 6.07) is 59.1. The second kappa shape index (κ2) is 12.1. The molecule has 51 heavy (non-hydrogen) atoms. The summed E-state index contributed by atoms with van der Waals surface area (Å²) in [5, 5.41) is 5.88. The van der Waals surface area contributed by atoms with E-state index in [4.69, 9.17) is 19.9 Å². The van der Waals surface area contributed by atoms with Crippen LogP contribution in [0.3, 0.4) is 0 Å². The van der Waals surface area contributed by atoms with E-state index in [0.717, 1.165) is 44.4 Å². The number of hydrogen-bond donors (Lipinski definition) is 0. The van der Waals surface area contributed by atoms with Gasteiger partial charge < -0.3 is 0 Å².